The molecule has 3 aliphatic rings. The minimum atomic E-state index is -4.62. The average molecular weight is 553 g/mol. The van der Waals surface area contributed by atoms with Crippen LogP contribution < -0.4 is 20.9 Å². The number of anilines is 4. The van der Waals surface area contributed by atoms with Crippen molar-refractivity contribution in [2.24, 2.45) is 0 Å². The van der Waals surface area contributed by atoms with Gasteiger partial charge < -0.3 is 25.6 Å². The second kappa shape index (κ2) is 9.47. The van der Waals surface area contributed by atoms with Crippen LogP contribution in [0.5, 0.6) is 0 Å². The Hall–Kier alpha value is -4.19. The molecule has 1 saturated heterocycles. The predicted molar refractivity (Wildman–Crippen MR) is 142 cm³/mol. The first-order chi connectivity index (χ1) is 19.0. The molecule has 0 bridgehead atoms. The van der Waals surface area contributed by atoms with Crippen molar-refractivity contribution in [3.8, 4) is 0 Å². The minimum absolute atomic E-state index is 0.0993. The van der Waals surface area contributed by atoms with Gasteiger partial charge in [-0.25, -0.2) is 9.97 Å². The van der Waals surface area contributed by atoms with Gasteiger partial charge in [0.2, 0.25) is 11.9 Å². The molecule has 1 saturated carbocycles. The van der Waals surface area contributed by atoms with Crippen LogP contribution in [0.15, 0.2) is 42.6 Å². The number of amides is 2. The number of aromatic nitrogens is 2. The van der Waals surface area contributed by atoms with Crippen LogP contribution in [0.1, 0.15) is 45.6 Å². The molecule has 3 aromatic rings. The molecule has 208 valence electrons. The van der Waals surface area contributed by atoms with Gasteiger partial charge in [0.15, 0.2) is 0 Å². The highest BCUT2D eigenvalue weighted by molar-refractivity contribution is 6.07. The van der Waals surface area contributed by atoms with Crippen molar-refractivity contribution < 1.29 is 27.5 Å². The van der Waals surface area contributed by atoms with Crippen LogP contribution in [-0.2, 0) is 27.7 Å². The third kappa shape index (κ3) is 4.61. The number of morpholine rings is 1. The van der Waals surface area contributed by atoms with Gasteiger partial charge in [0, 0.05) is 47.5 Å². The second-order valence-corrected chi connectivity index (χ2v) is 10.4. The monoisotopic (exact) mass is 552 g/mol. The molecule has 0 unspecified atom stereocenters. The number of nitrogen functional groups attached to an aromatic ring is 1. The lowest BCUT2D eigenvalue weighted by Gasteiger charge is -2.34. The summed E-state index contributed by atoms with van der Waals surface area (Å²) < 4.78 is 46.4. The molecule has 40 heavy (non-hydrogen) atoms. The van der Waals surface area contributed by atoms with Crippen LogP contribution in [0.25, 0.3) is 0 Å². The number of aryl methyl sites for hydroxylation is 1. The predicted octanol–water partition coefficient (Wildman–Crippen LogP) is 4.05. The largest absolute Gasteiger partial charge is 0.416 e. The summed E-state index contributed by atoms with van der Waals surface area (Å²) in [6.45, 7) is 3.73. The Morgan fingerprint density at radius 3 is 2.58 bits per heavy atom. The summed E-state index contributed by atoms with van der Waals surface area (Å²) in [7, 11) is 0. The summed E-state index contributed by atoms with van der Waals surface area (Å²) in [5, 5.41) is 2.72. The molecule has 3 N–H and O–H groups in total. The van der Waals surface area contributed by atoms with Gasteiger partial charge in [-0.05, 0) is 55.7 Å². The van der Waals surface area contributed by atoms with E-state index in [1.165, 1.54) is 6.07 Å². The van der Waals surface area contributed by atoms with Gasteiger partial charge in [-0.2, -0.15) is 13.2 Å². The van der Waals surface area contributed by atoms with E-state index >= 15 is 0 Å². The summed E-state index contributed by atoms with van der Waals surface area (Å²) in [5.74, 6) is -0.662. The number of rotatable bonds is 4. The van der Waals surface area contributed by atoms with Gasteiger partial charge >= 0.3 is 6.18 Å². The lowest BCUT2D eigenvalue weighted by molar-refractivity contribution is -0.137. The van der Waals surface area contributed by atoms with E-state index in [0.717, 1.165) is 23.3 Å². The molecule has 6 rings (SSSR count). The zero-order chi connectivity index (χ0) is 28.2. The van der Waals surface area contributed by atoms with Gasteiger partial charge in [-0.1, -0.05) is 6.07 Å². The second-order valence-electron chi connectivity index (χ2n) is 10.4. The molecule has 1 aliphatic carbocycles. The number of benzene rings is 2. The molecular formula is C28H27F3N6O3. The van der Waals surface area contributed by atoms with Gasteiger partial charge in [-0.3, -0.25) is 9.59 Å². The third-order valence-electron chi connectivity index (χ3n) is 7.71. The van der Waals surface area contributed by atoms with Crippen LogP contribution in [0.3, 0.4) is 0 Å². The number of fused-ring (bicyclic) bond motifs is 2. The summed E-state index contributed by atoms with van der Waals surface area (Å²) in [6, 6.07) is 8.45. The topological polar surface area (TPSA) is 114 Å². The zero-order valence-corrected chi connectivity index (χ0v) is 21.7. The standard InChI is InChI=1S/C28H27F3N6O3/c1-16-2-3-20(13-22(16)37-15-18-14-33-26(32)35-23(18)27(4-5-27)25(37)39)34-24(38)17-10-19(28(29,30)31)12-21(11-17)36-6-8-40-9-7-36/h2-3,10-14H,4-9,15H2,1H3,(H,34,38)(H2,32,33,35). The SMILES string of the molecule is Cc1ccc(NC(=O)c2cc(N3CCOCC3)cc(C(F)(F)F)c2)cc1N1Cc2cnc(N)nc2C2(CC2)C1=O. The molecule has 9 nitrogen and oxygen atoms in total. The van der Waals surface area contributed by atoms with E-state index in [4.69, 9.17) is 10.5 Å². The normalized spacial score (nSPS) is 18.1. The van der Waals surface area contributed by atoms with E-state index in [-0.39, 0.29) is 24.0 Å². The Balaban J connectivity index is 1.30. The molecule has 1 aromatic heterocycles. The van der Waals surface area contributed by atoms with Gasteiger partial charge in [-0.15, -0.1) is 0 Å². The quantitative estimate of drug-likeness (QED) is 0.502. The summed E-state index contributed by atoms with van der Waals surface area (Å²) in [6.07, 6.45) is -1.67. The molecule has 3 heterocycles. The van der Waals surface area contributed by atoms with Crippen LogP contribution in [0.2, 0.25) is 0 Å². The van der Waals surface area contributed by atoms with Crippen molar-refractivity contribution in [1.82, 2.24) is 9.97 Å². The minimum Gasteiger partial charge on any atom is -0.378 e. The lowest BCUT2D eigenvalue weighted by Crippen LogP contribution is -2.45. The molecule has 12 heteroatoms. The van der Waals surface area contributed by atoms with E-state index in [1.54, 1.807) is 34.2 Å². The number of nitrogens with two attached hydrogens (primary N) is 1. The molecule has 0 atom stereocenters. The molecule has 2 fully saturated rings. The fourth-order valence-electron chi connectivity index (χ4n) is 5.41. The van der Waals surface area contributed by atoms with Crippen LogP contribution in [0.4, 0.5) is 36.2 Å². The Labute approximate surface area is 228 Å². The van der Waals surface area contributed by atoms with Crippen molar-refractivity contribution in [3.63, 3.8) is 0 Å². The zero-order valence-electron chi connectivity index (χ0n) is 21.7. The molecule has 1 spiro atoms. The highest BCUT2D eigenvalue weighted by atomic mass is 19.4. The number of alkyl halides is 3. The maximum atomic E-state index is 13.7. The highest BCUT2D eigenvalue weighted by Crippen LogP contribution is 2.53. The van der Waals surface area contributed by atoms with Crippen molar-refractivity contribution >= 4 is 34.8 Å². The fourth-order valence-corrected chi connectivity index (χ4v) is 5.41. The van der Waals surface area contributed by atoms with Crippen molar-refractivity contribution in [1.29, 1.82) is 0 Å². The summed E-state index contributed by atoms with van der Waals surface area (Å²) >= 11 is 0. The number of ether oxygens (including phenoxy) is 1. The van der Waals surface area contributed by atoms with Crippen LogP contribution in [-0.4, -0.2) is 48.1 Å². The number of hydrogen-bond acceptors (Lipinski definition) is 7. The Bertz CT molecular complexity index is 1520. The molecule has 2 aromatic carbocycles. The van der Waals surface area contributed by atoms with Crippen molar-refractivity contribution in [2.75, 3.05) is 47.2 Å². The summed E-state index contributed by atoms with van der Waals surface area (Å²) in [5.41, 5.74) is 7.57. The Kier molecular flexibility index (Phi) is 6.17. The molecular weight excluding hydrogens is 525 g/mol. The van der Waals surface area contributed by atoms with Crippen LogP contribution in [0, 0.1) is 6.92 Å². The van der Waals surface area contributed by atoms with Gasteiger partial charge in [0.1, 0.15) is 0 Å². The van der Waals surface area contributed by atoms with E-state index in [1.807, 2.05) is 6.92 Å². The average Bonchev–Trinajstić information content (AvgIpc) is 3.74. The Morgan fingerprint density at radius 2 is 1.88 bits per heavy atom. The lowest BCUT2D eigenvalue weighted by atomic mass is 9.91. The summed E-state index contributed by atoms with van der Waals surface area (Å²) in [4.78, 5) is 38.7. The number of carbonyl (C=O) groups is 2. The number of carbonyl (C=O) groups excluding carboxylic acids is 2. The Morgan fingerprint density at radius 1 is 1.12 bits per heavy atom. The van der Waals surface area contributed by atoms with E-state index in [9.17, 15) is 22.8 Å². The molecule has 2 aliphatic heterocycles. The first-order valence-electron chi connectivity index (χ1n) is 13.0. The van der Waals surface area contributed by atoms with E-state index < -0.39 is 23.1 Å². The van der Waals surface area contributed by atoms with E-state index in [0.29, 0.717) is 61.9 Å². The smallest absolute Gasteiger partial charge is 0.378 e. The van der Waals surface area contributed by atoms with Gasteiger partial charge in [0.25, 0.3) is 5.91 Å². The van der Waals surface area contributed by atoms with Crippen LogP contribution >= 0.6 is 0 Å². The number of nitrogens with zero attached hydrogens (tertiary/aromatic N) is 4. The third-order valence-corrected chi connectivity index (χ3v) is 7.71. The number of halogens is 3. The number of nitrogens with one attached hydrogen (secondary N) is 1. The van der Waals surface area contributed by atoms with Gasteiger partial charge in [0.05, 0.1) is 36.4 Å². The van der Waals surface area contributed by atoms with E-state index in [2.05, 4.69) is 15.3 Å². The maximum absolute atomic E-state index is 13.7. The first kappa shape index (κ1) is 26.1. The highest BCUT2D eigenvalue weighted by Gasteiger charge is 2.58. The first-order valence-corrected chi connectivity index (χ1v) is 13.0. The van der Waals surface area contributed by atoms with Crippen molar-refractivity contribution in [3.05, 3.63) is 70.5 Å². The molecule has 2 amide bonds. The number of hydrogen-bond donors (Lipinski definition) is 2. The van der Waals surface area contributed by atoms with Crippen molar-refractivity contribution in [2.45, 2.75) is 37.9 Å². The maximum Gasteiger partial charge on any atom is 0.416 e. The fraction of sp³-hybridized carbons (Fsp3) is 0.357. The molecule has 0 radical (unpaired) electrons.